The van der Waals surface area contributed by atoms with Crippen LogP contribution in [0.4, 0.5) is 0 Å². The first-order valence-corrected chi connectivity index (χ1v) is 9.81. The van der Waals surface area contributed by atoms with E-state index in [-0.39, 0.29) is 12.5 Å². The summed E-state index contributed by atoms with van der Waals surface area (Å²) in [5.74, 6) is -0.379. The topological polar surface area (TPSA) is 56.6 Å². The molecule has 0 unspecified atom stereocenters. The molecule has 0 aliphatic carbocycles. The second-order valence-corrected chi connectivity index (χ2v) is 7.38. The Morgan fingerprint density at radius 3 is 2.39 bits per heavy atom. The molecule has 1 amide bonds. The van der Waals surface area contributed by atoms with E-state index < -0.39 is 5.79 Å². The van der Waals surface area contributed by atoms with Gasteiger partial charge in [-0.15, -0.1) is 0 Å². The molecular weight excluding hydrogens is 354 g/mol. The number of carbonyl (C=O) groups is 1. The number of rotatable bonds is 3. The zero-order valence-corrected chi connectivity index (χ0v) is 15.7. The number of fused-ring (bicyclic) bond motifs is 1. The van der Waals surface area contributed by atoms with Crippen molar-refractivity contribution in [2.45, 2.75) is 25.2 Å². The van der Waals surface area contributed by atoms with E-state index in [0.717, 1.165) is 35.0 Å². The molecule has 2 aliphatic rings. The van der Waals surface area contributed by atoms with Crippen LogP contribution in [0.15, 0.2) is 54.6 Å². The van der Waals surface area contributed by atoms with Crippen molar-refractivity contribution < 1.29 is 14.3 Å². The largest absolute Gasteiger partial charge is 0.347 e. The number of ether oxygens (including phenoxy) is 2. The van der Waals surface area contributed by atoms with E-state index in [1.807, 2.05) is 58.1 Å². The third-order valence-electron chi connectivity index (χ3n) is 5.68. The van der Waals surface area contributed by atoms with Crippen molar-refractivity contribution in [1.82, 2.24) is 14.7 Å². The summed E-state index contributed by atoms with van der Waals surface area (Å²) in [5.41, 5.74) is 2.94. The first-order valence-electron chi connectivity index (χ1n) is 9.81. The number of hydrogen-bond donors (Lipinski definition) is 0. The molecular formula is C22H23N3O3. The molecule has 1 spiro atoms. The number of benzene rings is 2. The zero-order valence-electron chi connectivity index (χ0n) is 15.7. The number of carbonyl (C=O) groups excluding carboxylic acids is 1. The second-order valence-electron chi connectivity index (χ2n) is 7.38. The van der Waals surface area contributed by atoms with Crippen LogP contribution in [0.5, 0.6) is 0 Å². The van der Waals surface area contributed by atoms with Gasteiger partial charge >= 0.3 is 0 Å². The van der Waals surface area contributed by atoms with Crippen molar-refractivity contribution in [3.05, 3.63) is 54.6 Å². The number of para-hydroxylation sites is 1. The summed E-state index contributed by atoms with van der Waals surface area (Å²) in [6, 6.07) is 18.2. The fourth-order valence-corrected chi connectivity index (χ4v) is 4.17. The van der Waals surface area contributed by atoms with Crippen molar-refractivity contribution in [3.8, 4) is 11.3 Å². The number of nitrogens with zero attached hydrogens (tertiary/aromatic N) is 3. The predicted molar refractivity (Wildman–Crippen MR) is 106 cm³/mol. The molecule has 2 saturated heterocycles. The van der Waals surface area contributed by atoms with E-state index in [1.54, 1.807) is 0 Å². The monoisotopic (exact) mass is 377 g/mol. The molecule has 0 saturated carbocycles. The highest BCUT2D eigenvalue weighted by atomic mass is 16.7. The van der Waals surface area contributed by atoms with Crippen LogP contribution < -0.4 is 0 Å². The Bertz CT molecular complexity index is 983. The van der Waals surface area contributed by atoms with E-state index in [1.165, 1.54) is 0 Å². The first kappa shape index (κ1) is 17.4. The fourth-order valence-electron chi connectivity index (χ4n) is 4.17. The smallest absolute Gasteiger partial charge is 0.244 e. The third-order valence-corrected chi connectivity index (χ3v) is 5.68. The minimum atomic E-state index is -0.463. The summed E-state index contributed by atoms with van der Waals surface area (Å²) < 4.78 is 13.3. The summed E-state index contributed by atoms with van der Waals surface area (Å²) >= 11 is 0. The van der Waals surface area contributed by atoms with Crippen LogP contribution in [0.25, 0.3) is 22.2 Å². The number of hydrogen-bond acceptors (Lipinski definition) is 4. The maximum absolute atomic E-state index is 12.9. The van der Waals surface area contributed by atoms with Crippen molar-refractivity contribution in [2.75, 3.05) is 26.3 Å². The zero-order chi connectivity index (χ0) is 19.0. The van der Waals surface area contributed by atoms with Gasteiger partial charge in [0, 0.05) is 36.9 Å². The van der Waals surface area contributed by atoms with Crippen molar-refractivity contribution in [1.29, 1.82) is 0 Å². The molecule has 0 atom stereocenters. The quantitative estimate of drug-likeness (QED) is 0.704. The van der Waals surface area contributed by atoms with Crippen molar-refractivity contribution in [2.24, 2.45) is 0 Å². The van der Waals surface area contributed by atoms with Crippen LogP contribution in [-0.2, 0) is 20.8 Å². The van der Waals surface area contributed by atoms with Crippen LogP contribution in [-0.4, -0.2) is 52.7 Å². The molecule has 2 aliphatic heterocycles. The normalized spacial score (nSPS) is 18.8. The summed E-state index contributed by atoms with van der Waals surface area (Å²) in [7, 11) is 0. The van der Waals surface area contributed by atoms with Gasteiger partial charge in [-0.2, -0.15) is 5.10 Å². The van der Waals surface area contributed by atoms with Gasteiger partial charge < -0.3 is 14.4 Å². The summed E-state index contributed by atoms with van der Waals surface area (Å²) in [4.78, 5) is 14.8. The van der Waals surface area contributed by atoms with Gasteiger partial charge in [-0.3, -0.25) is 9.48 Å². The Kier molecular flexibility index (Phi) is 4.37. The minimum absolute atomic E-state index is 0.0840. The van der Waals surface area contributed by atoms with E-state index >= 15 is 0 Å². The average molecular weight is 377 g/mol. The van der Waals surface area contributed by atoms with Crippen LogP contribution in [0.3, 0.4) is 0 Å². The molecule has 0 N–H and O–H groups in total. The second kappa shape index (κ2) is 7.04. The third kappa shape index (κ3) is 3.08. The molecule has 5 rings (SSSR count). The Labute approximate surface area is 163 Å². The van der Waals surface area contributed by atoms with Gasteiger partial charge in [-0.25, -0.2) is 0 Å². The Balaban J connectivity index is 1.37. The van der Waals surface area contributed by atoms with Gasteiger partial charge in [0.15, 0.2) is 5.79 Å². The van der Waals surface area contributed by atoms with Crippen molar-refractivity contribution in [3.63, 3.8) is 0 Å². The molecule has 1 aromatic heterocycles. The highest BCUT2D eigenvalue weighted by Crippen LogP contribution is 2.32. The van der Waals surface area contributed by atoms with Gasteiger partial charge in [0.1, 0.15) is 12.2 Å². The number of piperidine rings is 1. The number of amides is 1. The highest BCUT2D eigenvalue weighted by Gasteiger charge is 2.40. The average Bonchev–Trinajstić information content (AvgIpc) is 3.34. The van der Waals surface area contributed by atoms with Gasteiger partial charge in [-0.1, -0.05) is 48.5 Å². The molecule has 2 fully saturated rings. The van der Waals surface area contributed by atoms with Crippen molar-refractivity contribution >= 4 is 16.8 Å². The molecule has 3 heterocycles. The minimum Gasteiger partial charge on any atom is -0.347 e. The van der Waals surface area contributed by atoms with Gasteiger partial charge in [0.05, 0.1) is 18.7 Å². The van der Waals surface area contributed by atoms with Crippen LogP contribution in [0, 0.1) is 0 Å². The van der Waals surface area contributed by atoms with E-state index in [2.05, 4.69) is 6.07 Å². The number of likely N-dealkylation sites (tertiary alicyclic amines) is 1. The summed E-state index contributed by atoms with van der Waals surface area (Å²) in [6.45, 7) is 2.85. The highest BCUT2D eigenvalue weighted by molar-refractivity contribution is 5.94. The van der Waals surface area contributed by atoms with Crippen LogP contribution >= 0.6 is 0 Å². The lowest BCUT2D eigenvalue weighted by Gasteiger charge is -2.37. The summed E-state index contributed by atoms with van der Waals surface area (Å²) in [5, 5.41) is 5.85. The number of aromatic nitrogens is 2. The lowest BCUT2D eigenvalue weighted by atomic mass is 10.0. The van der Waals surface area contributed by atoms with Gasteiger partial charge in [0.25, 0.3) is 0 Å². The molecule has 0 radical (unpaired) electrons. The van der Waals surface area contributed by atoms with E-state index in [4.69, 9.17) is 14.6 Å². The van der Waals surface area contributed by atoms with Crippen LogP contribution in [0.2, 0.25) is 0 Å². The molecule has 6 heteroatoms. The Morgan fingerprint density at radius 1 is 0.964 bits per heavy atom. The van der Waals surface area contributed by atoms with E-state index in [0.29, 0.717) is 26.3 Å². The molecule has 6 nitrogen and oxygen atoms in total. The molecule has 2 aromatic carbocycles. The maximum Gasteiger partial charge on any atom is 0.244 e. The molecule has 28 heavy (non-hydrogen) atoms. The maximum atomic E-state index is 12.9. The fraction of sp³-hybridized carbons (Fsp3) is 0.364. The Hall–Kier alpha value is -2.70. The lowest BCUT2D eigenvalue weighted by Crippen LogP contribution is -2.48. The SMILES string of the molecule is O=C(Cn1nc(-c2ccccc2)c2ccccc21)N1CCC2(CC1)OCCO2. The molecule has 3 aromatic rings. The molecule has 144 valence electrons. The first-order chi connectivity index (χ1) is 13.7. The molecule has 0 bridgehead atoms. The summed E-state index contributed by atoms with van der Waals surface area (Å²) in [6.07, 6.45) is 1.46. The van der Waals surface area contributed by atoms with E-state index in [9.17, 15) is 4.79 Å². The Morgan fingerprint density at radius 2 is 1.64 bits per heavy atom. The van der Waals surface area contributed by atoms with Gasteiger partial charge in [-0.05, 0) is 6.07 Å². The standard InChI is InChI=1S/C22H23N3O3/c26-20(24-12-10-22(11-13-24)27-14-15-28-22)16-25-19-9-5-4-8-18(19)21(23-25)17-6-2-1-3-7-17/h1-9H,10-16H2. The van der Waals surface area contributed by atoms with Crippen LogP contribution in [0.1, 0.15) is 12.8 Å². The van der Waals surface area contributed by atoms with Gasteiger partial charge in [0.2, 0.25) is 5.91 Å². The predicted octanol–water partition coefficient (Wildman–Crippen LogP) is 3.07. The lowest BCUT2D eigenvalue weighted by molar-refractivity contribution is -0.187.